The third kappa shape index (κ3) is 35.0. The fourth-order valence-corrected chi connectivity index (χ4v) is 6.00. The number of quaternary nitrogens is 1. The van der Waals surface area contributed by atoms with E-state index < -0.39 is 18.1 Å². The summed E-state index contributed by atoms with van der Waals surface area (Å²) in [5.74, 6) is -1.77. The number of aliphatic carboxylic acids is 1. The highest BCUT2D eigenvalue weighted by atomic mass is 16.6. The first kappa shape index (κ1) is 51.3. The van der Waals surface area contributed by atoms with Crippen molar-refractivity contribution in [3.8, 4) is 0 Å². The van der Waals surface area contributed by atoms with Crippen molar-refractivity contribution in [2.45, 2.75) is 187 Å². The van der Waals surface area contributed by atoms with Crippen LogP contribution >= 0.6 is 0 Å². The van der Waals surface area contributed by atoms with E-state index in [4.69, 9.17) is 14.2 Å². The molecule has 0 aromatic heterocycles. The lowest BCUT2D eigenvalue weighted by Gasteiger charge is -2.34. The molecular formula is C46H81NO7. The second-order valence-corrected chi connectivity index (χ2v) is 15.6. The van der Waals surface area contributed by atoms with E-state index in [9.17, 15) is 19.5 Å². The van der Waals surface area contributed by atoms with Crippen LogP contribution in [0, 0.1) is 0 Å². The number of carbonyl (C=O) groups is 3. The van der Waals surface area contributed by atoms with Gasteiger partial charge in [0.2, 0.25) is 0 Å². The predicted molar refractivity (Wildman–Crippen MR) is 222 cm³/mol. The van der Waals surface area contributed by atoms with Crippen molar-refractivity contribution in [2.24, 2.45) is 0 Å². The number of unbranched alkanes of at least 4 members (excludes halogenated alkanes) is 16. The van der Waals surface area contributed by atoms with Gasteiger partial charge in [0.15, 0.2) is 6.10 Å². The van der Waals surface area contributed by atoms with E-state index in [2.05, 4.69) is 62.5 Å². The number of rotatable bonds is 38. The zero-order valence-corrected chi connectivity index (χ0v) is 35.4. The Morgan fingerprint density at radius 1 is 0.556 bits per heavy atom. The minimum Gasteiger partial charge on any atom is -0.544 e. The van der Waals surface area contributed by atoms with Gasteiger partial charge >= 0.3 is 11.9 Å². The standard InChI is InChI=1S/C46H81NO7/c1-6-8-10-12-14-16-18-19-20-21-22-23-24-25-27-29-31-33-35-37-45(49)54-42(40-52-39-38-43(46(50)51)47(3,4)5)41-53-44(48)36-34-32-30-28-26-17-15-13-11-9-7-2/h13-16,19-20,22-23,42-43H,6-12,17-18,21,24-41H2,1-5H3/b15-13-,16-14-,20-19-,23-22-. The van der Waals surface area contributed by atoms with Crippen molar-refractivity contribution >= 4 is 17.9 Å². The number of allylic oxidation sites excluding steroid dienone is 8. The Morgan fingerprint density at radius 3 is 1.52 bits per heavy atom. The van der Waals surface area contributed by atoms with E-state index in [0.29, 0.717) is 12.8 Å². The molecule has 0 bridgehead atoms. The molecule has 0 radical (unpaired) electrons. The molecule has 0 aliphatic heterocycles. The number of hydrogen-bond acceptors (Lipinski definition) is 7. The summed E-state index contributed by atoms with van der Waals surface area (Å²) >= 11 is 0. The molecule has 0 amide bonds. The van der Waals surface area contributed by atoms with Crippen molar-refractivity contribution in [3.63, 3.8) is 0 Å². The lowest BCUT2D eigenvalue weighted by atomic mass is 10.1. The number of likely N-dealkylation sites (N-methyl/N-ethyl adjacent to an activating group) is 1. The minimum absolute atomic E-state index is 0.0318. The molecular weight excluding hydrogens is 679 g/mol. The molecule has 0 aromatic rings. The Bertz CT molecular complexity index is 1030. The maximum absolute atomic E-state index is 12.7. The summed E-state index contributed by atoms with van der Waals surface area (Å²) in [6.07, 6.45) is 42.7. The van der Waals surface area contributed by atoms with E-state index >= 15 is 0 Å². The van der Waals surface area contributed by atoms with Crippen molar-refractivity contribution < 1.29 is 38.2 Å². The van der Waals surface area contributed by atoms with Crippen molar-refractivity contribution in [1.29, 1.82) is 0 Å². The molecule has 0 spiro atoms. The van der Waals surface area contributed by atoms with Gasteiger partial charge in [-0.25, -0.2) is 0 Å². The molecule has 8 heteroatoms. The summed E-state index contributed by atoms with van der Waals surface area (Å²) in [5.41, 5.74) is 0. The number of carbonyl (C=O) groups excluding carboxylic acids is 3. The van der Waals surface area contributed by atoms with Gasteiger partial charge in [-0.1, -0.05) is 133 Å². The molecule has 2 atom stereocenters. The molecule has 0 saturated heterocycles. The number of esters is 2. The summed E-state index contributed by atoms with van der Waals surface area (Å²) in [5, 5.41) is 11.6. The lowest BCUT2D eigenvalue weighted by Crippen LogP contribution is -2.55. The number of carboxylic acid groups (broad SMARTS) is 1. The lowest BCUT2D eigenvalue weighted by molar-refractivity contribution is -0.889. The molecule has 54 heavy (non-hydrogen) atoms. The van der Waals surface area contributed by atoms with Gasteiger partial charge in [0.05, 0.1) is 40.3 Å². The third-order valence-corrected chi connectivity index (χ3v) is 9.44. The largest absolute Gasteiger partial charge is 0.544 e. The average Bonchev–Trinajstić information content (AvgIpc) is 3.12. The van der Waals surface area contributed by atoms with E-state index in [1.165, 1.54) is 64.2 Å². The van der Waals surface area contributed by atoms with Gasteiger partial charge in [-0.15, -0.1) is 0 Å². The highest BCUT2D eigenvalue weighted by Crippen LogP contribution is 2.13. The quantitative estimate of drug-likeness (QED) is 0.0267. The van der Waals surface area contributed by atoms with Crippen LogP contribution in [0.1, 0.15) is 174 Å². The first-order valence-corrected chi connectivity index (χ1v) is 21.7. The van der Waals surface area contributed by atoms with Gasteiger partial charge < -0.3 is 28.6 Å². The van der Waals surface area contributed by atoms with Crippen LogP contribution in [0.4, 0.5) is 0 Å². The predicted octanol–water partition coefficient (Wildman–Crippen LogP) is 10.3. The average molecular weight is 760 g/mol. The molecule has 0 fully saturated rings. The maximum atomic E-state index is 12.7. The van der Waals surface area contributed by atoms with Crippen LogP contribution in [0.5, 0.6) is 0 Å². The van der Waals surface area contributed by atoms with Crippen LogP contribution in [-0.4, -0.2) is 75.5 Å². The van der Waals surface area contributed by atoms with Crippen LogP contribution < -0.4 is 5.11 Å². The van der Waals surface area contributed by atoms with Gasteiger partial charge in [0.1, 0.15) is 12.6 Å². The summed E-state index contributed by atoms with van der Waals surface area (Å²) < 4.78 is 17.1. The van der Waals surface area contributed by atoms with Crippen molar-refractivity contribution in [1.82, 2.24) is 0 Å². The number of ether oxygens (including phenoxy) is 3. The summed E-state index contributed by atoms with van der Waals surface area (Å²) in [6, 6.07) is -0.729. The van der Waals surface area contributed by atoms with Gasteiger partial charge in [-0.2, -0.15) is 0 Å². The maximum Gasteiger partial charge on any atom is 0.306 e. The highest BCUT2D eigenvalue weighted by Gasteiger charge is 2.25. The normalized spacial score (nSPS) is 13.4. The van der Waals surface area contributed by atoms with Crippen LogP contribution in [-0.2, 0) is 28.6 Å². The van der Waals surface area contributed by atoms with E-state index in [1.54, 1.807) is 21.1 Å². The van der Waals surface area contributed by atoms with Gasteiger partial charge in [-0.05, 0) is 70.6 Å². The molecule has 0 aliphatic carbocycles. The molecule has 0 aliphatic rings. The van der Waals surface area contributed by atoms with Gasteiger partial charge in [-0.3, -0.25) is 9.59 Å². The molecule has 0 aromatic carbocycles. The van der Waals surface area contributed by atoms with E-state index in [0.717, 1.165) is 77.0 Å². The second kappa shape index (κ2) is 37.2. The second-order valence-electron chi connectivity index (χ2n) is 15.6. The van der Waals surface area contributed by atoms with E-state index in [-0.39, 0.29) is 42.7 Å². The SMILES string of the molecule is CCCC/C=C\CCCCCCCC(=O)OCC(COCCC(C(=O)[O-])[N+](C)(C)C)OC(=O)CCCCCCCC/C=C\C/C=C\C/C=C\CCCCC. The van der Waals surface area contributed by atoms with E-state index in [1.807, 2.05) is 0 Å². The minimum atomic E-state index is -1.13. The zero-order chi connectivity index (χ0) is 40.0. The molecule has 8 nitrogen and oxygen atoms in total. The molecule has 312 valence electrons. The summed E-state index contributed by atoms with van der Waals surface area (Å²) in [7, 11) is 5.39. The van der Waals surface area contributed by atoms with Crippen molar-refractivity contribution in [2.75, 3.05) is 41.0 Å². The fourth-order valence-electron chi connectivity index (χ4n) is 6.00. The Morgan fingerprint density at radius 2 is 1.00 bits per heavy atom. The zero-order valence-electron chi connectivity index (χ0n) is 35.4. The molecule has 0 heterocycles. The smallest absolute Gasteiger partial charge is 0.306 e. The molecule has 2 unspecified atom stereocenters. The van der Waals surface area contributed by atoms with Crippen LogP contribution in [0.15, 0.2) is 48.6 Å². The third-order valence-electron chi connectivity index (χ3n) is 9.44. The Kier molecular flexibility index (Phi) is 35.4. The first-order valence-electron chi connectivity index (χ1n) is 21.7. The van der Waals surface area contributed by atoms with Crippen LogP contribution in [0.2, 0.25) is 0 Å². The first-order chi connectivity index (χ1) is 26.1. The fraction of sp³-hybridized carbons (Fsp3) is 0.761. The Labute approximate surface area is 331 Å². The monoisotopic (exact) mass is 760 g/mol. The van der Waals surface area contributed by atoms with Crippen molar-refractivity contribution in [3.05, 3.63) is 48.6 Å². The highest BCUT2D eigenvalue weighted by molar-refractivity contribution is 5.70. The topological polar surface area (TPSA) is 102 Å². The molecule has 0 saturated carbocycles. The summed E-state index contributed by atoms with van der Waals surface area (Å²) in [6.45, 7) is 4.56. The number of carboxylic acids is 1. The number of nitrogens with zero attached hydrogens (tertiary/aromatic N) is 1. The Hall–Kier alpha value is -2.71. The van der Waals surface area contributed by atoms with Gasteiger partial charge in [0.25, 0.3) is 0 Å². The summed E-state index contributed by atoms with van der Waals surface area (Å²) in [4.78, 5) is 36.8. The van der Waals surface area contributed by atoms with Crippen LogP contribution in [0.25, 0.3) is 0 Å². The molecule has 0 rings (SSSR count). The Balaban J connectivity index is 4.37. The molecule has 0 N–H and O–H groups in total. The van der Waals surface area contributed by atoms with Gasteiger partial charge in [0, 0.05) is 19.3 Å². The number of hydrogen-bond donors (Lipinski definition) is 0. The van der Waals surface area contributed by atoms with Crippen LogP contribution in [0.3, 0.4) is 0 Å².